The molecular weight excluding hydrogens is 426 g/mol. The van der Waals surface area contributed by atoms with E-state index in [9.17, 15) is 14.4 Å². The first kappa shape index (κ1) is 21.7. The second-order valence-electron chi connectivity index (χ2n) is 7.07. The van der Waals surface area contributed by atoms with E-state index in [1.54, 1.807) is 31.2 Å². The van der Waals surface area contributed by atoms with Crippen LogP contribution in [0.1, 0.15) is 26.4 Å². The number of hydrogen-bond acceptors (Lipinski definition) is 8. The minimum atomic E-state index is -0.718. The van der Waals surface area contributed by atoms with Crippen molar-refractivity contribution in [3.05, 3.63) is 77.5 Å². The van der Waals surface area contributed by atoms with Gasteiger partial charge in [0.15, 0.2) is 6.61 Å². The predicted molar refractivity (Wildman–Crippen MR) is 119 cm³/mol. The molecule has 0 aliphatic heterocycles. The molecule has 2 heterocycles. The van der Waals surface area contributed by atoms with Gasteiger partial charge in [-0.05, 0) is 31.2 Å². The van der Waals surface area contributed by atoms with Crippen molar-refractivity contribution in [2.45, 2.75) is 6.92 Å². The van der Waals surface area contributed by atoms with Gasteiger partial charge in [-0.25, -0.2) is 14.6 Å². The molecule has 0 atom stereocenters. The summed E-state index contributed by atoms with van der Waals surface area (Å²) in [6, 6.07) is 17.1. The molecule has 2 aromatic heterocycles. The molecule has 9 heteroatoms. The molecule has 0 aliphatic carbocycles. The molecular formula is C24H19N3O6. The van der Waals surface area contributed by atoms with Gasteiger partial charge in [0.1, 0.15) is 0 Å². The highest BCUT2D eigenvalue weighted by atomic mass is 16.5. The third-order valence-corrected chi connectivity index (χ3v) is 4.81. The number of methoxy groups -OCH3 is 1. The molecule has 4 rings (SSSR count). The summed E-state index contributed by atoms with van der Waals surface area (Å²) in [5.41, 5.74) is 2.81. The fourth-order valence-corrected chi connectivity index (χ4v) is 3.26. The van der Waals surface area contributed by atoms with Crippen LogP contribution in [0.15, 0.2) is 65.2 Å². The molecule has 0 saturated carbocycles. The van der Waals surface area contributed by atoms with Crippen LogP contribution >= 0.6 is 0 Å². The molecule has 0 aliphatic rings. The van der Waals surface area contributed by atoms with Crippen molar-refractivity contribution in [1.82, 2.24) is 10.1 Å². The lowest BCUT2D eigenvalue weighted by atomic mass is 10.1. The van der Waals surface area contributed by atoms with Gasteiger partial charge >= 0.3 is 11.9 Å². The molecule has 0 bridgehead atoms. The van der Waals surface area contributed by atoms with E-state index in [1.165, 1.54) is 13.2 Å². The number of nitrogens with one attached hydrogen (secondary N) is 1. The third-order valence-electron chi connectivity index (χ3n) is 4.81. The lowest BCUT2D eigenvalue weighted by molar-refractivity contribution is -0.119. The zero-order valence-electron chi connectivity index (χ0n) is 17.8. The molecule has 9 nitrogen and oxygen atoms in total. The first-order valence-electron chi connectivity index (χ1n) is 9.94. The summed E-state index contributed by atoms with van der Waals surface area (Å²) in [7, 11) is 1.27. The number of ether oxygens (including phenoxy) is 2. The molecule has 0 saturated heterocycles. The van der Waals surface area contributed by atoms with E-state index < -0.39 is 24.5 Å². The number of nitrogens with zero attached hydrogens (tertiary/aromatic N) is 2. The number of carbonyl (C=O) groups excluding carboxylic acids is 3. The zero-order valence-corrected chi connectivity index (χ0v) is 17.8. The third kappa shape index (κ3) is 4.72. The van der Waals surface area contributed by atoms with Crippen LogP contribution in [0.5, 0.6) is 0 Å². The molecule has 0 radical (unpaired) electrons. The number of anilines is 1. The van der Waals surface area contributed by atoms with Crippen molar-refractivity contribution < 1.29 is 28.4 Å². The lowest BCUT2D eigenvalue weighted by Gasteiger charge is -2.09. The Hall–Kier alpha value is -4.53. The largest absolute Gasteiger partial charge is 0.465 e. The standard InChI is InChI=1S/C24H19N3O6/c1-14-21-18(12-19(26-22(21)33-27-14)15-7-4-3-5-8-15)24(30)32-13-20(28)25-17-10-6-9-16(11-17)23(29)31-2/h3-12H,13H2,1-2H3,(H,25,28). The number of rotatable bonds is 6. The molecule has 0 unspecified atom stereocenters. The van der Waals surface area contributed by atoms with E-state index in [2.05, 4.69) is 20.2 Å². The normalized spacial score (nSPS) is 10.6. The summed E-state index contributed by atoms with van der Waals surface area (Å²) in [5, 5.41) is 6.90. The summed E-state index contributed by atoms with van der Waals surface area (Å²) in [6.07, 6.45) is 0. The fourth-order valence-electron chi connectivity index (χ4n) is 3.26. The minimum absolute atomic E-state index is 0.193. The number of pyridine rings is 1. The monoisotopic (exact) mass is 445 g/mol. The van der Waals surface area contributed by atoms with Gasteiger partial charge in [-0.15, -0.1) is 0 Å². The van der Waals surface area contributed by atoms with Crippen molar-refractivity contribution in [3.8, 4) is 11.3 Å². The molecule has 33 heavy (non-hydrogen) atoms. The van der Waals surface area contributed by atoms with E-state index in [-0.39, 0.29) is 16.8 Å². The number of amides is 1. The quantitative estimate of drug-likeness (QED) is 0.445. The van der Waals surface area contributed by atoms with Crippen LogP contribution in [0.25, 0.3) is 22.4 Å². The zero-order chi connectivity index (χ0) is 23.4. The van der Waals surface area contributed by atoms with E-state index in [0.717, 1.165) is 5.56 Å². The molecule has 1 N–H and O–H groups in total. The molecule has 166 valence electrons. The predicted octanol–water partition coefficient (Wildman–Crippen LogP) is 3.78. The van der Waals surface area contributed by atoms with Crippen molar-refractivity contribution in [2.24, 2.45) is 0 Å². The van der Waals surface area contributed by atoms with Crippen molar-refractivity contribution >= 4 is 34.6 Å². The summed E-state index contributed by atoms with van der Waals surface area (Å²) >= 11 is 0. The lowest BCUT2D eigenvalue weighted by Crippen LogP contribution is -2.21. The maximum Gasteiger partial charge on any atom is 0.339 e. The number of esters is 2. The molecule has 2 aromatic carbocycles. The van der Waals surface area contributed by atoms with Crippen molar-refractivity contribution in [3.63, 3.8) is 0 Å². The van der Waals surface area contributed by atoms with E-state index in [4.69, 9.17) is 9.26 Å². The summed E-state index contributed by atoms with van der Waals surface area (Å²) in [5.74, 6) is -1.82. The Bertz CT molecular complexity index is 1350. The van der Waals surface area contributed by atoms with Crippen LogP contribution in [0, 0.1) is 6.92 Å². The summed E-state index contributed by atoms with van der Waals surface area (Å²) in [4.78, 5) is 41.3. The highest BCUT2D eigenvalue weighted by molar-refractivity contribution is 6.05. The van der Waals surface area contributed by atoms with Gasteiger partial charge < -0.3 is 19.3 Å². The number of aromatic nitrogens is 2. The van der Waals surface area contributed by atoms with Gasteiger partial charge in [-0.2, -0.15) is 0 Å². The number of fused-ring (bicyclic) bond motifs is 1. The highest BCUT2D eigenvalue weighted by Crippen LogP contribution is 2.27. The SMILES string of the molecule is COC(=O)c1cccc(NC(=O)COC(=O)c2cc(-c3ccccc3)nc3onc(C)c23)c1. The molecule has 4 aromatic rings. The average Bonchev–Trinajstić information content (AvgIpc) is 3.22. The Morgan fingerprint density at radius 3 is 2.55 bits per heavy atom. The Morgan fingerprint density at radius 2 is 1.79 bits per heavy atom. The molecule has 1 amide bonds. The number of carbonyl (C=O) groups is 3. The smallest absolute Gasteiger partial charge is 0.339 e. The van der Waals surface area contributed by atoms with Crippen LogP contribution in [0.2, 0.25) is 0 Å². The number of benzene rings is 2. The van der Waals surface area contributed by atoms with Gasteiger partial charge in [0.2, 0.25) is 0 Å². The average molecular weight is 445 g/mol. The topological polar surface area (TPSA) is 121 Å². The number of aryl methyl sites for hydroxylation is 1. The Kier molecular flexibility index (Phi) is 6.12. The summed E-state index contributed by atoms with van der Waals surface area (Å²) in [6.45, 7) is 1.16. The molecule has 0 spiro atoms. The van der Waals surface area contributed by atoms with Gasteiger partial charge in [-0.1, -0.05) is 41.6 Å². The number of hydrogen-bond donors (Lipinski definition) is 1. The Labute approximate surface area is 188 Å². The first-order chi connectivity index (χ1) is 16.0. The van der Waals surface area contributed by atoms with E-state index in [1.807, 2.05) is 30.3 Å². The van der Waals surface area contributed by atoms with Crippen LogP contribution in [0.4, 0.5) is 5.69 Å². The Balaban J connectivity index is 1.52. The van der Waals surface area contributed by atoms with Crippen molar-refractivity contribution in [2.75, 3.05) is 19.0 Å². The summed E-state index contributed by atoms with van der Waals surface area (Å²) < 4.78 is 15.2. The molecule has 0 fully saturated rings. The van der Waals surface area contributed by atoms with Crippen LogP contribution in [-0.2, 0) is 14.3 Å². The van der Waals surface area contributed by atoms with Gasteiger partial charge in [0, 0.05) is 11.3 Å². The van der Waals surface area contributed by atoms with E-state index >= 15 is 0 Å². The maximum atomic E-state index is 12.9. The fraction of sp³-hybridized carbons (Fsp3) is 0.125. The van der Waals surface area contributed by atoms with Crippen LogP contribution < -0.4 is 5.32 Å². The maximum absolute atomic E-state index is 12.9. The van der Waals surface area contributed by atoms with Gasteiger partial charge in [0.05, 0.1) is 35.0 Å². The Morgan fingerprint density at radius 1 is 1.00 bits per heavy atom. The first-order valence-corrected chi connectivity index (χ1v) is 9.94. The second kappa shape index (κ2) is 9.31. The second-order valence-corrected chi connectivity index (χ2v) is 7.07. The van der Waals surface area contributed by atoms with Gasteiger partial charge in [-0.3, -0.25) is 4.79 Å². The van der Waals surface area contributed by atoms with Crippen LogP contribution in [-0.4, -0.2) is 41.7 Å². The highest BCUT2D eigenvalue weighted by Gasteiger charge is 2.21. The van der Waals surface area contributed by atoms with Crippen molar-refractivity contribution in [1.29, 1.82) is 0 Å². The van der Waals surface area contributed by atoms with E-state index in [0.29, 0.717) is 22.5 Å². The van der Waals surface area contributed by atoms with Gasteiger partial charge in [0.25, 0.3) is 11.6 Å². The minimum Gasteiger partial charge on any atom is -0.465 e. The van der Waals surface area contributed by atoms with Crippen LogP contribution in [0.3, 0.4) is 0 Å².